The number of nitrogens with zero attached hydrogens (tertiary/aromatic N) is 2. The fourth-order valence-corrected chi connectivity index (χ4v) is 14.6. The molecule has 0 radical (unpaired) electrons. The van der Waals surface area contributed by atoms with Gasteiger partial charge in [0.05, 0.1) is 32.9 Å². The van der Waals surface area contributed by atoms with Gasteiger partial charge < -0.3 is 9.13 Å². The second-order valence-electron chi connectivity index (χ2n) is 21.5. The zero-order chi connectivity index (χ0) is 51.1. The van der Waals surface area contributed by atoms with Gasteiger partial charge in [0.2, 0.25) is 0 Å². The largest absolute Gasteiger partial charge is 0.309 e. The molecule has 0 N–H and O–H groups in total. The van der Waals surface area contributed by atoms with Gasteiger partial charge in [0, 0.05) is 32.9 Å². The van der Waals surface area contributed by atoms with Crippen molar-refractivity contribution in [1.29, 1.82) is 0 Å². The molecule has 0 fully saturated rings. The first-order chi connectivity index (χ1) is 38.7. The Morgan fingerprint density at radius 3 is 0.821 bits per heavy atom. The van der Waals surface area contributed by atoms with Crippen LogP contribution >= 0.6 is 0 Å². The van der Waals surface area contributed by atoms with Crippen LogP contribution < -0.4 is 0 Å². The summed E-state index contributed by atoms with van der Waals surface area (Å²) in [6, 6.07) is 110. The van der Waals surface area contributed by atoms with Crippen molar-refractivity contribution in [3.05, 3.63) is 336 Å². The summed E-state index contributed by atoms with van der Waals surface area (Å²) in [4.78, 5) is 0. The first kappa shape index (κ1) is 43.2. The molecule has 2 aliphatic rings. The van der Waals surface area contributed by atoms with Crippen LogP contribution in [0.4, 0.5) is 0 Å². The highest BCUT2D eigenvalue weighted by molar-refractivity contribution is 6.11. The third-order valence-electron chi connectivity index (χ3n) is 17.8. The maximum absolute atomic E-state index is 2.65. The van der Waals surface area contributed by atoms with Gasteiger partial charge >= 0.3 is 0 Å². The van der Waals surface area contributed by atoms with E-state index in [1.54, 1.807) is 0 Å². The Bertz CT molecular complexity index is 4450. The molecule has 362 valence electrons. The summed E-state index contributed by atoms with van der Waals surface area (Å²) in [7, 11) is 0. The Morgan fingerprint density at radius 2 is 0.487 bits per heavy atom. The minimum Gasteiger partial charge on any atom is -0.309 e. The van der Waals surface area contributed by atoms with Crippen molar-refractivity contribution in [2.45, 2.75) is 10.8 Å². The van der Waals surface area contributed by atoms with Gasteiger partial charge in [0.25, 0.3) is 0 Å². The van der Waals surface area contributed by atoms with Crippen LogP contribution in [0.15, 0.2) is 291 Å². The SMILES string of the molecule is c1ccc(C2(c3ccccc3)c3cc4c(cc3-c3cc5ccc(-n6c7ccccc7c7ccccc76)cc5cc32)-c2cc3ccc(-n5c6ccccc6c6ccccc65)cc3cc2C4(c2ccccc2)c2ccccc2)cc1. The normalized spacial score (nSPS) is 13.8. The van der Waals surface area contributed by atoms with E-state index in [0.29, 0.717) is 0 Å². The molecule has 2 heteroatoms. The number of rotatable bonds is 6. The second-order valence-corrected chi connectivity index (χ2v) is 21.5. The standard InChI is InChI=1S/C76H48N2/c1-5-21-53(22-6-1)75(54-23-7-2-8-24-54)67-45-51-41-57(77-71-33-17-13-29-59(71)60-30-14-18-34-72(60)77)39-37-49(51)43-63(67)65-47-66-64-44-50-38-40-58(78-73-35-19-15-31-61(73)62-32-16-20-36-74(62)78)42-52(50)46-68(64)76(70(66)48-69(65)75,55-25-9-3-10-26-55)56-27-11-4-12-28-56/h1-48H. The number of benzene rings is 13. The quantitative estimate of drug-likeness (QED) is 0.157. The second kappa shape index (κ2) is 16.2. The van der Waals surface area contributed by atoms with Crippen LogP contribution in [0.5, 0.6) is 0 Å². The Labute approximate surface area is 452 Å². The van der Waals surface area contributed by atoms with E-state index < -0.39 is 10.8 Å². The van der Waals surface area contributed by atoms with E-state index in [9.17, 15) is 0 Å². The average molecular weight is 989 g/mol. The van der Waals surface area contributed by atoms with E-state index >= 15 is 0 Å². The van der Waals surface area contributed by atoms with Crippen LogP contribution in [0.1, 0.15) is 44.5 Å². The molecule has 0 saturated heterocycles. The van der Waals surface area contributed by atoms with E-state index in [-0.39, 0.29) is 0 Å². The summed E-state index contributed by atoms with van der Waals surface area (Å²) in [6.07, 6.45) is 0. The van der Waals surface area contributed by atoms with Crippen molar-refractivity contribution in [3.8, 4) is 33.6 Å². The lowest BCUT2D eigenvalue weighted by atomic mass is 9.64. The van der Waals surface area contributed by atoms with Gasteiger partial charge in [-0.15, -0.1) is 0 Å². The molecular weight excluding hydrogens is 941 g/mol. The van der Waals surface area contributed by atoms with E-state index in [4.69, 9.17) is 0 Å². The van der Waals surface area contributed by atoms with Crippen molar-refractivity contribution in [1.82, 2.24) is 9.13 Å². The lowest BCUT2D eigenvalue weighted by molar-refractivity contribution is 0.745. The third kappa shape index (κ3) is 5.76. The van der Waals surface area contributed by atoms with Crippen molar-refractivity contribution in [2.75, 3.05) is 0 Å². The smallest absolute Gasteiger partial charge is 0.0713 e. The first-order valence-corrected chi connectivity index (χ1v) is 27.2. The van der Waals surface area contributed by atoms with Gasteiger partial charge in [0.1, 0.15) is 0 Å². The van der Waals surface area contributed by atoms with Crippen LogP contribution in [-0.4, -0.2) is 9.13 Å². The van der Waals surface area contributed by atoms with E-state index in [1.807, 2.05) is 0 Å². The van der Waals surface area contributed by atoms with Gasteiger partial charge in [-0.05, 0) is 167 Å². The average Bonchev–Trinajstić information content (AvgIpc) is 4.15. The summed E-state index contributed by atoms with van der Waals surface area (Å²) in [5, 5.41) is 9.91. The summed E-state index contributed by atoms with van der Waals surface area (Å²) in [5.74, 6) is 0. The van der Waals surface area contributed by atoms with E-state index in [0.717, 1.165) is 11.4 Å². The molecule has 0 unspecified atom stereocenters. The fourth-order valence-electron chi connectivity index (χ4n) is 14.6. The Kier molecular flexibility index (Phi) is 9.01. The number of hydrogen-bond donors (Lipinski definition) is 0. The first-order valence-electron chi connectivity index (χ1n) is 27.2. The highest BCUT2D eigenvalue weighted by atomic mass is 15.0. The molecule has 17 rings (SSSR count). The van der Waals surface area contributed by atoms with Crippen LogP contribution in [0.2, 0.25) is 0 Å². The van der Waals surface area contributed by atoms with Crippen LogP contribution in [-0.2, 0) is 10.8 Å². The molecule has 2 aromatic heterocycles. The molecule has 0 aliphatic heterocycles. The summed E-state index contributed by atoms with van der Waals surface area (Å²) in [6.45, 7) is 0. The molecule has 0 bridgehead atoms. The molecule has 13 aromatic carbocycles. The lowest BCUT2D eigenvalue weighted by Crippen LogP contribution is -2.31. The molecule has 78 heavy (non-hydrogen) atoms. The summed E-state index contributed by atoms with van der Waals surface area (Å²) < 4.78 is 4.88. The third-order valence-corrected chi connectivity index (χ3v) is 17.8. The maximum Gasteiger partial charge on any atom is 0.0713 e. The highest BCUT2D eigenvalue weighted by Gasteiger charge is 2.52. The predicted molar refractivity (Wildman–Crippen MR) is 325 cm³/mol. The number of para-hydroxylation sites is 4. The molecule has 2 aliphatic carbocycles. The topological polar surface area (TPSA) is 9.86 Å². The molecular formula is C76H48N2. The molecule has 2 heterocycles. The molecule has 2 nitrogen and oxygen atoms in total. The number of fused-ring (bicyclic) bond motifs is 14. The molecule has 0 saturated carbocycles. The van der Waals surface area contributed by atoms with Gasteiger partial charge in [-0.25, -0.2) is 0 Å². The van der Waals surface area contributed by atoms with Crippen LogP contribution in [0.25, 0.3) is 98.8 Å². The summed E-state index contributed by atoms with van der Waals surface area (Å²) >= 11 is 0. The van der Waals surface area contributed by atoms with Crippen molar-refractivity contribution >= 4 is 65.2 Å². The van der Waals surface area contributed by atoms with Crippen molar-refractivity contribution in [3.63, 3.8) is 0 Å². The molecule has 0 amide bonds. The van der Waals surface area contributed by atoms with Gasteiger partial charge in [-0.2, -0.15) is 0 Å². The van der Waals surface area contributed by atoms with Crippen molar-refractivity contribution in [2.24, 2.45) is 0 Å². The van der Waals surface area contributed by atoms with Crippen molar-refractivity contribution < 1.29 is 0 Å². The molecule has 0 atom stereocenters. The predicted octanol–water partition coefficient (Wildman–Crippen LogP) is 18.9. The van der Waals surface area contributed by atoms with Crippen LogP contribution in [0.3, 0.4) is 0 Å². The molecule has 0 spiro atoms. The summed E-state index contributed by atoms with van der Waals surface area (Å²) in [5.41, 5.74) is 21.1. The number of hydrogen-bond acceptors (Lipinski definition) is 0. The number of aromatic nitrogens is 2. The Hall–Kier alpha value is -10.0. The zero-order valence-corrected chi connectivity index (χ0v) is 42.6. The minimum atomic E-state index is -0.658. The zero-order valence-electron chi connectivity index (χ0n) is 42.6. The van der Waals surface area contributed by atoms with Gasteiger partial charge in [0.15, 0.2) is 0 Å². The maximum atomic E-state index is 2.65. The highest BCUT2D eigenvalue weighted by Crippen LogP contribution is 2.63. The monoisotopic (exact) mass is 988 g/mol. The minimum absolute atomic E-state index is 0.658. The van der Waals surface area contributed by atoms with E-state index in [2.05, 4.69) is 300 Å². The van der Waals surface area contributed by atoms with Crippen LogP contribution in [0, 0.1) is 0 Å². The van der Waals surface area contributed by atoms with Gasteiger partial charge in [-0.1, -0.05) is 212 Å². The molecule has 15 aromatic rings. The van der Waals surface area contributed by atoms with Gasteiger partial charge in [-0.3, -0.25) is 0 Å². The Morgan fingerprint density at radius 1 is 0.205 bits per heavy atom. The Balaban J connectivity index is 0.965. The lowest BCUT2D eigenvalue weighted by Gasteiger charge is -2.37. The van der Waals surface area contributed by atoms with E-state index in [1.165, 1.54) is 132 Å². The fraction of sp³-hybridized carbons (Fsp3) is 0.0263.